The lowest BCUT2D eigenvalue weighted by Gasteiger charge is -2.36. The van der Waals surface area contributed by atoms with Crippen LogP contribution in [0.15, 0.2) is 4.99 Å². The fraction of sp³-hybridized carbons (Fsp3) is 0.800. The highest BCUT2D eigenvalue weighted by molar-refractivity contribution is 14.0. The van der Waals surface area contributed by atoms with Gasteiger partial charge in [0.05, 0.1) is 6.54 Å². The summed E-state index contributed by atoms with van der Waals surface area (Å²) in [5.74, 6) is 0.973. The minimum atomic E-state index is -0.494. The third-order valence-electron chi connectivity index (χ3n) is 5.19. The van der Waals surface area contributed by atoms with Gasteiger partial charge in [-0.1, -0.05) is 0 Å². The Morgan fingerprint density at radius 2 is 1.94 bits per heavy atom. The fourth-order valence-electron chi connectivity index (χ4n) is 3.59. The van der Waals surface area contributed by atoms with Gasteiger partial charge in [0.15, 0.2) is 5.96 Å². The van der Waals surface area contributed by atoms with Gasteiger partial charge in [-0.3, -0.25) is 14.7 Å². The Kier molecular flexibility index (Phi) is 10.8. The van der Waals surface area contributed by atoms with Crippen molar-refractivity contribution in [2.45, 2.75) is 46.1 Å². The number of nitrogens with one attached hydrogen (secondary N) is 2. The van der Waals surface area contributed by atoms with Gasteiger partial charge in [-0.25, -0.2) is 9.59 Å². The SMILES string of the molecule is CCN(CC1CCN(C(=NC)NCCN2C(=O)CNC2=O)CC1)C(=O)OC(C)(C)C.I. The number of carbonyl (C=O) groups is 3. The number of hydrogen-bond acceptors (Lipinski definition) is 5. The highest BCUT2D eigenvalue weighted by atomic mass is 127. The van der Waals surface area contributed by atoms with Crippen LogP contribution >= 0.6 is 24.0 Å². The molecular formula is C20H37IN6O4. The number of aliphatic imine (C=N–C) groups is 1. The molecule has 0 spiro atoms. The Morgan fingerprint density at radius 3 is 2.42 bits per heavy atom. The quantitative estimate of drug-likeness (QED) is 0.225. The van der Waals surface area contributed by atoms with E-state index in [9.17, 15) is 14.4 Å². The number of likely N-dealkylation sites (tertiary alicyclic amines) is 1. The number of guanidine groups is 1. The summed E-state index contributed by atoms with van der Waals surface area (Å²) >= 11 is 0. The Labute approximate surface area is 202 Å². The van der Waals surface area contributed by atoms with Crippen LogP contribution in [0.3, 0.4) is 0 Å². The van der Waals surface area contributed by atoms with Crippen LogP contribution in [0.1, 0.15) is 40.5 Å². The second kappa shape index (κ2) is 12.3. The summed E-state index contributed by atoms with van der Waals surface area (Å²) in [7, 11) is 1.73. The highest BCUT2D eigenvalue weighted by Crippen LogP contribution is 2.20. The molecule has 0 unspecified atom stereocenters. The van der Waals surface area contributed by atoms with E-state index in [0.717, 1.165) is 31.9 Å². The van der Waals surface area contributed by atoms with Crippen LogP contribution in [-0.2, 0) is 9.53 Å². The number of hydrogen-bond donors (Lipinski definition) is 2. The van der Waals surface area contributed by atoms with E-state index in [0.29, 0.717) is 32.1 Å². The lowest BCUT2D eigenvalue weighted by molar-refractivity contribution is -0.124. The zero-order valence-corrected chi connectivity index (χ0v) is 21.6. The number of urea groups is 1. The Hall–Kier alpha value is -1.79. The number of imide groups is 1. The molecule has 0 saturated carbocycles. The van der Waals surface area contributed by atoms with Gasteiger partial charge in [-0.15, -0.1) is 24.0 Å². The van der Waals surface area contributed by atoms with Crippen LogP contribution in [0.25, 0.3) is 0 Å². The lowest BCUT2D eigenvalue weighted by atomic mass is 9.96. The molecule has 178 valence electrons. The third-order valence-corrected chi connectivity index (χ3v) is 5.19. The van der Waals surface area contributed by atoms with Gasteiger partial charge in [-0.05, 0) is 46.5 Å². The van der Waals surface area contributed by atoms with Gasteiger partial charge in [-0.2, -0.15) is 0 Å². The predicted octanol–water partition coefficient (Wildman–Crippen LogP) is 1.70. The summed E-state index contributed by atoms with van der Waals surface area (Å²) in [6.07, 6.45) is 1.64. The molecule has 31 heavy (non-hydrogen) atoms. The van der Waals surface area contributed by atoms with Gasteiger partial charge < -0.3 is 25.2 Å². The van der Waals surface area contributed by atoms with Crippen molar-refractivity contribution >= 4 is 48.0 Å². The maximum Gasteiger partial charge on any atom is 0.410 e. The predicted molar refractivity (Wildman–Crippen MR) is 130 cm³/mol. The first-order valence-electron chi connectivity index (χ1n) is 10.7. The monoisotopic (exact) mass is 552 g/mol. The molecule has 0 radical (unpaired) electrons. The molecule has 0 atom stereocenters. The molecule has 2 rings (SSSR count). The number of nitrogens with zero attached hydrogens (tertiary/aromatic N) is 4. The lowest BCUT2D eigenvalue weighted by Crippen LogP contribution is -2.49. The Balaban J connectivity index is 0.00000480. The van der Waals surface area contributed by atoms with E-state index in [2.05, 4.69) is 20.5 Å². The minimum absolute atomic E-state index is 0. The molecule has 10 nitrogen and oxygen atoms in total. The van der Waals surface area contributed by atoms with Crippen LogP contribution in [0.4, 0.5) is 9.59 Å². The largest absolute Gasteiger partial charge is 0.444 e. The molecule has 0 aromatic heterocycles. The molecular weight excluding hydrogens is 515 g/mol. The van der Waals surface area contributed by atoms with E-state index in [1.165, 1.54) is 4.90 Å². The van der Waals surface area contributed by atoms with Gasteiger partial charge in [0.2, 0.25) is 5.91 Å². The zero-order chi connectivity index (χ0) is 22.3. The standard InChI is InChI=1S/C20H36N6O4.HI/c1-6-24(19(29)30-20(2,3)4)14-15-7-10-25(11-8-15)17(21-5)22-9-12-26-16(27)13-23-18(26)28;/h15H,6-14H2,1-5H3,(H,21,22)(H,23,28);1H. The molecule has 2 heterocycles. The van der Waals surface area contributed by atoms with Crippen molar-refractivity contribution in [2.75, 3.05) is 52.9 Å². The first kappa shape index (κ1) is 27.2. The second-order valence-electron chi connectivity index (χ2n) is 8.63. The van der Waals surface area contributed by atoms with E-state index in [1.807, 2.05) is 27.7 Å². The van der Waals surface area contributed by atoms with Crippen LogP contribution in [-0.4, -0.2) is 97.2 Å². The number of halogens is 1. The van der Waals surface area contributed by atoms with E-state index in [1.54, 1.807) is 11.9 Å². The number of carbonyl (C=O) groups excluding carboxylic acids is 3. The zero-order valence-electron chi connectivity index (χ0n) is 19.3. The van der Waals surface area contributed by atoms with Crippen molar-refractivity contribution in [1.82, 2.24) is 25.3 Å². The van der Waals surface area contributed by atoms with Crippen molar-refractivity contribution in [1.29, 1.82) is 0 Å². The Morgan fingerprint density at radius 1 is 1.29 bits per heavy atom. The van der Waals surface area contributed by atoms with Crippen molar-refractivity contribution < 1.29 is 19.1 Å². The molecule has 2 aliphatic heterocycles. The topological polar surface area (TPSA) is 107 Å². The summed E-state index contributed by atoms with van der Waals surface area (Å²) in [5, 5.41) is 5.75. The van der Waals surface area contributed by atoms with Gasteiger partial charge >= 0.3 is 12.1 Å². The number of rotatable bonds is 6. The van der Waals surface area contributed by atoms with Gasteiger partial charge in [0.1, 0.15) is 5.60 Å². The van der Waals surface area contributed by atoms with Crippen LogP contribution < -0.4 is 10.6 Å². The van der Waals surface area contributed by atoms with Crippen LogP contribution in [0, 0.1) is 5.92 Å². The minimum Gasteiger partial charge on any atom is -0.444 e. The maximum atomic E-state index is 12.4. The average Bonchev–Trinajstić information content (AvgIpc) is 3.00. The average molecular weight is 552 g/mol. The molecule has 2 aliphatic rings. The smallest absolute Gasteiger partial charge is 0.410 e. The summed E-state index contributed by atoms with van der Waals surface area (Å²) in [4.78, 5) is 45.1. The summed E-state index contributed by atoms with van der Waals surface area (Å²) in [6, 6.07) is -0.344. The number of piperidine rings is 1. The molecule has 0 aromatic rings. The van der Waals surface area contributed by atoms with Crippen LogP contribution in [0.5, 0.6) is 0 Å². The third kappa shape index (κ3) is 8.34. The molecule has 4 amide bonds. The summed E-state index contributed by atoms with van der Waals surface area (Å²) < 4.78 is 5.50. The molecule has 2 saturated heterocycles. The molecule has 2 fully saturated rings. The normalized spacial score (nSPS) is 17.9. The van der Waals surface area contributed by atoms with E-state index in [-0.39, 0.29) is 48.6 Å². The van der Waals surface area contributed by atoms with Crippen molar-refractivity contribution in [3.05, 3.63) is 0 Å². The molecule has 2 N–H and O–H groups in total. The highest BCUT2D eigenvalue weighted by Gasteiger charge is 2.29. The van der Waals surface area contributed by atoms with E-state index < -0.39 is 5.60 Å². The Bertz CT molecular complexity index is 643. The van der Waals surface area contributed by atoms with Gasteiger partial charge in [0.25, 0.3) is 0 Å². The van der Waals surface area contributed by atoms with Crippen molar-refractivity contribution in [3.63, 3.8) is 0 Å². The van der Waals surface area contributed by atoms with Gasteiger partial charge in [0, 0.05) is 46.3 Å². The first-order chi connectivity index (χ1) is 14.1. The summed E-state index contributed by atoms with van der Waals surface area (Å²) in [5.41, 5.74) is -0.494. The number of ether oxygens (including phenoxy) is 1. The first-order valence-corrected chi connectivity index (χ1v) is 10.7. The van der Waals surface area contributed by atoms with Crippen molar-refractivity contribution in [3.8, 4) is 0 Å². The second-order valence-corrected chi connectivity index (χ2v) is 8.63. The fourth-order valence-corrected chi connectivity index (χ4v) is 3.59. The molecule has 0 aliphatic carbocycles. The van der Waals surface area contributed by atoms with Crippen molar-refractivity contribution in [2.24, 2.45) is 10.9 Å². The molecule has 0 aromatic carbocycles. The van der Waals surface area contributed by atoms with Crippen LogP contribution in [0.2, 0.25) is 0 Å². The number of amides is 4. The molecule has 0 bridgehead atoms. The maximum absolute atomic E-state index is 12.4. The van der Waals surface area contributed by atoms with E-state index >= 15 is 0 Å². The summed E-state index contributed by atoms with van der Waals surface area (Å²) in [6.45, 7) is 11.4. The molecule has 11 heteroatoms. The van der Waals surface area contributed by atoms with E-state index in [4.69, 9.17) is 4.74 Å².